The van der Waals surface area contributed by atoms with E-state index in [9.17, 15) is 17.6 Å². The predicted molar refractivity (Wildman–Crippen MR) is 141 cm³/mol. The van der Waals surface area contributed by atoms with Gasteiger partial charge >= 0.3 is 10.2 Å². The maximum absolute atomic E-state index is 15.8. The van der Waals surface area contributed by atoms with Gasteiger partial charge in [0, 0.05) is 37.8 Å². The smallest absolute Gasteiger partial charge is 0.301 e. The number of nitrogens with zero attached hydrogens (tertiary/aromatic N) is 4. The first-order valence-corrected chi connectivity index (χ1v) is 14.4. The Morgan fingerprint density at radius 2 is 1.97 bits per heavy atom. The molecular formula is C25H28F3N7O3S. The van der Waals surface area contributed by atoms with E-state index >= 15 is 8.78 Å². The molecule has 3 N–H and O–H groups in total. The molecule has 2 aromatic heterocycles. The predicted octanol–water partition coefficient (Wildman–Crippen LogP) is 2.79. The molecule has 2 saturated heterocycles. The van der Waals surface area contributed by atoms with Crippen LogP contribution in [0.3, 0.4) is 0 Å². The molecule has 1 aliphatic carbocycles. The molecule has 4 heterocycles. The summed E-state index contributed by atoms with van der Waals surface area (Å²) in [6, 6.07) is 2.86. The molecule has 10 nitrogen and oxygen atoms in total. The van der Waals surface area contributed by atoms with Gasteiger partial charge in [0.15, 0.2) is 5.82 Å². The molecule has 3 aromatic rings. The van der Waals surface area contributed by atoms with Gasteiger partial charge in [0.25, 0.3) is 5.56 Å². The summed E-state index contributed by atoms with van der Waals surface area (Å²) in [5, 5.41) is 6.79. The molecule has 0 radical (unpaired) electrons. The molecule has 2 atom stereocenters. The summed E-state index contributed by atoms with van der Waals surface area (Å²) in [6.07, 6.45) is 3.12. The Labute approximate surface area is 222 Å². The normalized spacial score (nSPS) is 22.0. The van der Waals surface area contributed by atoms with Gasteiger partial charge in [-0.05, 0) is 56.3 Å². The van der Waals surface area contributed by atoms with Crippen molar-refractivity contribution in [1.82, 2.24) is 24.2 Å². The van der Waals surface area contributed by atoms with Crippen molar-refractivity contribution in [1.29, 1.82) is 0 Å². The summed E-state index contributed by atoms with van der Waals surface area (Å²) >= 11 is 0. The highest BCUT2D eigenvalue weighted by Crippen LogP contribution is 2.33. The van der Waals surface area contributed by atoms with Gasteiger partial charge in [-0.2, -0.15) is 17.7 Å². The molecule has 0 bridgehead atoms. The number of halogens is 3. The third-order valence-corrected chi connectivity index (χ3v) is 8.94. The fraction of sp³-hybridized carbons (Fsp3) is 0.480. The van der Waals surface area contributed by atoms with Crippen LogP contribution in [0.4, 0.5) is 24.8 Å². The Morgan fingerprint density at radius 3 is 2.67 bits per heavy atom. The first-order valence-electron chi connectivity index (χ1n) is 13.0. The van der Waals surface area contributed by atoms with Crippen LogP contribution in [0.5, 0.6) is 0 Å². The molecule has 14 heteroatoms. The molecule has 39 heavy (non-hydrogen) atoms. The summed E-state index contributed by atoms with van der Waals surface area (Å²) in [4.78, 5) is 22.7. The van der Waals surface area contributed by atoms with Crippen LogP contribution in [0.25, 0.3) is 22.2 Å². The number of anilines is 2. The van der Waals surface area contributed by atoms with Gasteiger partial charge in [0.1, 0.15) is 17.6 Å². The van der Waals surface area contributed by atoms with Gasteiger partial charge in [-0.25, -0.2) is 18.2 Å². The van der Waals surface area contributed by atoms with Crippen molar-refractivity contribution >= 4 is 32.9 Å². The zero-order chi connectivity index (χ0) is 27.3. The van der Waals surface area contributed by atoms with Crippen LogP contribution < -0.4 is 20.9 Å². The third kappa shape index (κ3) is 5.08. The Morgan fingerprint density at radius 1 is 1.15 bits per heavy atom. The van der Waals surface area contributed by atoms with Crippen molar-refractivity contribution in [2.24, 2.45) is 5.92 Å². The lowest BCUT2D eigenvalue weighted by Gasteiger charge is -2.20. The van der Waals surface area contributed by atoms with Gasteiger partial charge in [0.05, 0.1) is 22.9 Å². The minimum atomic E-state index is -4.30. The summed E-state index contributed by atoms with van der Waals surface area (Å²) in [5.41, 5.74) is -1.79. The van der Waals surface area contributed by atoms with Gasteiger partial charge in [0.2, 0.25) is 5.95 Å². The molecule has 3 fully saturated rings. The zero-order valence-corrected chi connectivity index (χ0v) is 21.8. The van der Waals surface area contributed by atoms with E-state index in [1.165, 1.54) is 16.8 Å². The van der Waals surface area contributed by atoms with Crippen molar-refractivity contribution < 1.29 is 21.6 Å². The Bertz CT molecular complexity index is 1590. The van der Waals surface area contributed by atoms with Crippen LogP contribution in [0.2, 0.25) is 0 Å². The van der Waals surface area contributed by atoms with E-state index in [1.807, 2.05) is 0 Å². The van der Waals surface area contributed by atoms with Crippen LogP contribution in [-0.2, 0) is 10.2 Å². The van der Waals surface area contributed by atoms with E-state index in [4.69, 9.17) is 0 Å². The lowest BCUT2D eigenvalue weighted by molar-refractivity contribution is 0.343. The average Bonchev–Trinajstić information content (AvgIpc) is 3.36. The number of hydrogen-bond donors (Lipinski definition) is 3. The summed E-state index contributed by atoms with van der Waals surface area (Å²) in [5.74, 6) is -1.33. The molecule has 0 amide bonds. The Balaban J connectivity index is 1.44. The molecule has 3 aliphatic rings. The largest absolute Gasteiger partial charge is 0.354 e. The number of benzene rings is 1. The van der Waals surface area contributed by atoms with E-state index in [0.29, 0.717) is 42.4 Å². The standard InChI is InChI=1S/C25H28F3N7O3S/c26-16-6-8-34(13-16)39(37,38)33-20-4-3-19(27)21(22(20)28)18-9-15-11-31-25(30-10-14-1-2-14)32-23(15)35(24(18)36)17-5-7-29-12-17/h3-4,9,11,14,16-17,29,33H,1-2,5-8,10,12-13H2,(H,30,31,32). The van der Waals surface area contributed by atoms with Gasteiger partial charge in [-0.3, -0.25) is 14.1 Å². The fourth-order valence-electron chi connectivity index (χ4n) is 5.13. The number of alkyl halides is 1. The highest BCUT2D eigenvalue weighted by atomic mass is 32.2. The summed E-state index contributed by atoms with van der Waals surface area (Å²) in [6.45, 7) is 1.45. The van der Waals surface area contributed by atoms with Crippen LogP contribution in [0.15, 0.2) is 29.2 Å². The molecule has 1 saturated carbocycles. The van der Waals surface area contributed by atoms with E-state index in [1.54, 1.807) is 0 Å². The lowest BCUT2D eigenvalue weighted by Crippen LogP contribution is -2.34. The molecular weight excluding hydrogens is 535 g/mol. The summed E-state index contributed by atoms with van der Waals surface area (Å²) in [7, 11) is -4.30. The number of pyridine rings is 1. The van der Waals surface area contributed by atoms with Crippen LogP contribution in [0.1, 0.15) is 31.7 Å². The highest BCUT2D eigenvalue weighted by molar-refractivity contribution is 7.90. The molecule has 0 spiro atoms. The molecule has 2 aliphatic heterocycles. The monoisotopic (exact) mass is 563 g/mol. The maximum Gasteiger partial charge on any atom is 0.301 e. The van der Waals surface area contributed by atoms with Crippen molar-refractivity contribution in [2.75, 3.05) is 42.8 Å². The van der Waals surface area contributed by atoms with E-state index in [-0.39, 0.29) is 31.1 Å². The van der Waals surface area contributed by atoms with Crippen LogP contribution in [0, 0.1) is 17.6 Å². The number of hydrogen-bond acceptors (Lipinski definition) is 7. The zero-order valence-electron chi connectivity index (χ0n) is 21.0. The van der Waals surface area contributed by atoms with Gasteiger partial charge in [-0.15, -0.1) is 0 Å². The van der Waals surface area contributed by atoms with Crippen molar-refractivity contribution in [3.63, 3.8) is 0 Å². The van der Waals surface area contributed by atoms with Crippen LogP contribution in [-0.4, -0.2) is 66.2 Å². The quantitative estimate of drug-likeness (QED) is 0.386. The second-order valence-electron chi connectivity index (χ2n) is 10.3. The second kappa shape index (κ2) is 10.1. The van der Waals surface area contributed by atoms with E-state index in [0.717, 1.165) is 35.8 Å². The average molecular weight is 564 g/mol. The molecule has 2 unspecified atom stereocenters. The lowest BCUT2D eigenvalue weighted by atomic mass is 10.0. The summed E-state index contributed by atoms with van der Waals surface area (Å²) < 4.78 is 74.4. The molecule has 6 rings (SSSR count). The SMILES string of the molecule is O=c1c(-c2c(F)ccc(NS(=O)(=O)N3CCC(F)C3)c2F)cc2cnc(NCC3CC3)nc2n1C1CCNC1. The molecule has 208 valence electrons. The number of rotatable bonds is 8. The fourth-order valence-corrected chi connectivity index (χ4v) is 6.40. The van der Waals surface area contributed by atoms with Gasteiger partial charge in [-0.1, -0.05) is 0 Å². The molecule has 1 aromatic carbocycles. The van der Waals surface area contributed by atoms with Crippen molar-refractivity contribution in [3.05, 3.63) is 46.4 Å². The number of aromatic nitrogens is 3. The number of nitrogens with one attached hydrogen (secondary N) is 3. The Kier molecular flexibility index (Phi) is 6.71. The Hall–Kier alpha value is -3.23. The number of fused-ring (bicyclic) bond motifs is 1. The minimum Gasteiger partial charge on any atom is -0.354 e. The van der Waals surface area contributed by atoms with Crippen molar-refractivity contribution in [2.45, 2.75) is 37.9 Å². The third-order valence-electron chi connectivity index (χ3n) is 7.45. The van der Waals surface area contributed by atoms with E-state index in [2.05, 4.69) is 25.3 Å². The second-order valence-corrected chi connectivity index (χ2v) is 12.0. The first kappa shape index (κ1) is 26.0. The highest BCUT2D eigenvalue weighted by Gasteiger charge is 2.33. The maximum atomic E-state index is 15.8. The van der Waals surface area contributed by atoms with Crippen LogP contribution >= 0.6 is 0 Å². The van der Waals surface area contributed by atoms with E-state index < -0.39 is 44.8 Å². The minimum absolute atomic E-state index is 0.0323. The first-order chi connectivity index (χ1) is 18.7. The van der Waals surface area contributed by atoms with Crippen molar-refractivity contribution in [3.8, 4) is 11.1 Å². The van der Waals surface area contributed by atoms with Gasteiger partial charge < -0.3 is 10.6 Å². The topological polar surface area (TPSA) is 121 Å².